The minimum Gasteiger partial charge on any atom is -0.369 e. The Morgan fingerprint density at radius 2 is 2.26 bits per heavy atom. The van der Waals surface area contributed by atoms with E-state index in [0.29, 0.717) is 5.75 Å². The quantitative estimate of drug-likeness (QED) is 0.915. The number of thioether (sulfide) groups is 1. The molecular formula is C14H16BrNO2S. The molecule has 3 nitrogen and oxygen atoms in total. The lowest BCUT2D eigenvalue weighted by molar-refractivity contribution is -0.121. The fraction of sp³-hybridized carbons (Fsp3) is 0.429. The molecule has 1 aromatic carbocycles. The molecule has 5 heteroatoms. The SMILES string of the molecule is CC(=O)SCC(C(N)=O)C1CCc2cc(Br)ccc21. The first-order valence-corrected chi connectivity index (χ1v) is 7.98. The van der Waals surface area contributed by atoms with Crippen LogP contribution in [-0.4, -0.2) is 16.8 Å². The summed E-state index contributed by atoms with van der Waals surface area (Å²) in [6.07, 6.45) is 1.89. The predicted molar refractivity (Wildman–Crippen MR) is 81.0 cm³/mol. The van der Waals surface area contributed by atoms with Crippen LogP contribution in [0, 0.1) is 5.92 Å². The maximum Gasteiger partial charge on any atom is 0.221 e. The van der Waals surface area contributed by atoms with Crippen molar-refractivity contribution >= 4 is 38.7 Å². The van der Waals surface area contributed by atoms with Gasteiger partial charge in [-0.1, -0.05) is 33.8 Å². The van der Waals surface area contributed by atoms with E-state index < -0.39 is 0 Å². The number of amides is 1. The zero-order chi connectivity index (χ0) is 14.0. The number of nitrogens with two attached hydrogens (primary N) is 1. The number of halogens is 1. The van der Waals surface area contributed by atoms with E-state index in [2.05, 4.69) is 28.1 Å². The first kappa shape index (κ1) is 14.6. The van der Waals surface area contributed by atoms with Gasteiger partial charge in [0.2, 0.25) is 5.91 Å². The van der Waals surface area contributed by atoms with Crippen LogP contribution in [0.15, 0.2) is 22.7 Å². The molecule has 1 amide bonds. The number of aryl methyl sites for hydroxylation is 1. The van der Waals surface area contributed by atoms with E-state index in [-0.39, 0.29) is 22.9 Å². The third-order valence-corrected chi connectivity index (χ3v) is 4.97. The van der Waals surface area contributed by atoms with E-state index in [9.17, 15) is 9.59 Å². The standard InChI is InChI=1S/C14H16BrNO2S/c1-8(17)19-7-13(14(16)18)12-4-2-9-6-10(15)3-5-11(9)12/h3,5-6,12-13H,2,4,7H2,1H3,(H2,16,18). The number of rotatable bonds is 4. The van der Waals surface area contributed by atoms with Crippen LogP contribution in [0.2, 0.25) is 0 Å². The summed E-state index contributed by atoms with van der Waals surface area (Å²) in [6.45, 7) is 1.52. The van der Waals surface area contributed by atoms with Crippen molar-refractivity contribution in [3.63, 3.8) is 0 Å². The number of hydrogen-bond donors (Lipinski definition) is 1. The highest BCUT2D eigenvalue weighted by Gasteiger charge is 2.33. The monoisotopic (exact) mass is 341 g/mol. The molecule has 0 saturated carbocycles. The molecule has 2 unspecified atom stereocenters. The van der Waals surface area contributed by atoms with E-state index in [1.165, 1.54) is 29.8 Å². The van der Waals surface area contributed by atoms with Gasteiger partial charge in [0.05, 0.1) is 5.92 Å². The second kappa shape index (κ2) is 6.09. The molecular weight excluding hydrogens is 326 g/mol. The van der Waals surface area contributed by atoms with Crippen molar-refractivity contribution in [1.29, 1.82) is 0 Å². The highest BCUT2D eigenvalue weighted by Crippen LogP contribution is 2.40. The first-order valence-electron chi connectivity index (χ1n) is 6.20. The smallest absolute Gasteiger partial charge is 0.221 e. The Kier molecular flexibility index (Phi) is 4.68. The molecule has 2 atom stereocenters. The van der Waals surface area contributed by atoms with Crippen LogP contribution < -0.4 is 5.73 Å². The van der Waals surface area contributed by atoms with E-state index in [1.54, 1.807) is 0 Å². The predicted octanol–water partition coefficient (Wildman–Crippen LogP) is 2.86. The molecule has 0 aromatic heterocycles. The number of primary amides is 1. The second-order valence-corrected chi connectivity index (χ2v) is 6.91. The maximum atomic E-state index is 11.7. The molecule has 19 heavy (non-hydrogen) atoms. The number of hydrogen-bond acceptors (Lipinski definition) is 3. The average Bonchev–Trinajstić information content (AvgIpc) is 2.71. The van der Waals surface area contributed by atoms with Gasteiger partial charge in [-0.15, -0.1) is 0 Å². The van der Waals surface area contributed by atoms with Crippen molar-refractivity contribution in [2.75, 3.05) is 5.75 Å². The summed E-state index contributed by atoms with van der Waals surface area (Å²) < 4.78 is 1.06. The summed E-state index contributed by atoms with van der Waals surface area (Å²) in [7, 11) is 0. The van der Waals surface area contributed by atoms with Gasteiger partial charge in [-0.2, -0.15) is 0 Å². The Morgan fingerprint density at radius 3 is 2.89 bits per heavy atom. The number of benzene rings is 1. The summed E-state index contributed by atoms with van der Waals surface area (Å²) >= 11 is 4.64. The molecule has 1 aromatic rings. The molecule has 102 valence electrons. The fourth-order valence-electron chi connectivity index (χ4n) is 2.64. The van der Waals surface area contributed by atoms with Crippen molar-refractivity contribution in [2.24, 2.45) is 11.7 Å². The zero-order valence-electron chi connectivity index (χ0n) is 10.7. The minimum atomic E-state index is -0.311. The normalized spacial score (nSPS) is 18.9. The van der Waals surface area contributed by atoms with Gasteiger partial charge in [-0.3, -0.25) is 9.59 Å². The summed E-state index contributed by atoms with van der Waals surface area (Å²) in [5, 5.41) is 0.0280. The Bertz CT molecular complexity index is 518. The molecule has 2 rings (SSSR count). The van der Waals surface area contributed by atoms with Gasteiger partial charge in [-0.25, -0.2) is 0 Å². The minimum absolute atomic E-state index is 0.0280. The van der Waals surface area contributed by atoms with Crippen LogP contribution in [0.4, 0.5) is 0 Å². The summed E-state index contributed by atoms with van der Waals surface area (Å²) in [6, 6.07) is 6.16. The van der Waals surface area contributed by atoms with Crippen LogP contribution in [0.25, 0.3) is 0 Å². The van der Waals surface area contributed by atoms with Gasteiger partial charge in [0.15, 0.2) is 5.12 Å². The Hall–Kier alpha value is -0.810. The van der Waals surface area contributed by atoms with Gasteiger partial charge in [0.1, 0.15) is 0 Å². The molecule has 0 heterocycles. The van der Waals surface area contributed by atoms with Crippen LogP contribution in [0.3, 0.4) is 0 Å². The molecule has 1 aliphatic carbocycles. The average molecular weight is 342 g/mol. The highest BCUT2D eigenvalue weighted by molar-refractivity contribution is 9.10. The molecule has 0 spiro atoms. The van der Waals surface area contributed by atoms with E-state index in [0.717, 1.165) is 17.3 Å². The Balaban J connectivity index is 2.21. The van der Waals surface area contributed by atoms with Gasteiger partial charge in [-0.05, 0) is 42.0 Å². The van der Waals surface area contributed by atoms with Crippen molar-refractivity contribution in [3.8, 4) is 0 Å². The fourth-order valence-corrected chi connectivity index (χ4v) is 3.86. The highest BCUT2D eigenvalue weighted by atomic mass is 79.9. The van der Waals surface area contributed by atoms with Crippen molar-refractivity contribution < 1.29 is 9.59 Å². The van der Waals surface area contributed by atoms with Crippen molar-refractivity contribution in [3.05, 3.63) is 33.8 Å². The Labute approximate surface area is 125 Å². The van der Waals surface area contributed by atoms with Crippen LogP contribution in [0.1, 0.15) is 30.4 Å². The molecule has 2 N–H and O–H groups in total. The molecule has 0 saturated heterocycles. The van der Waals surface area contributed by atoms with Crippen molar-refractivity contribution in [2.45, 2.75) is 25.7 Å². The molecule has 0 bridgehead atoms. The number of fused-ring (bicyclic) bond motifs is 1. The largest absolute Gasteiger partial charge is 0.369 e. The zero-order valence-corrected chi connectivity index (χ0v) is 13.1. The van der Waals surface area contributed by atoms with E-state index >= 15 is 0 Å². The summed E-state index contributed by atoms with van der Waals surface area (Å²) in [5.74, 6) is 0.0449. The lowest BCUT2D eigenvalue weighted by Crippen LogP contribution is -2.30. The lowest BCUT2D eigenvalue weighted by Gasteiger charge is -2.20. The first-order chi connectivity index (χ1) is 8.99. The third kappa shape index (κ3) is 3.39. The molecule has 1 aliphatic rings. The van der Waals surface area contributed by atoms with Crippen LogP contribution in [-0.2, 0) is 16.0 Å². The topological polar surface area (TPSA) is 60.2 Å². The van der Waals surface area contributed by atoms with Crippen molar-refractivity contribution in [1.82, 2.24) is 0 Å². The maximum absolute atomic E-state index is 11.7. The third-order valence-electron chi connectivity index (χ3n) is 3.55. The summed E-state index contributed by atoms with van der Waals surface area (Å²) in [5.41, 5.74) is 8.00. The van der Waals surface area contributed by atoms with Gasteiger partial charge >= 0.3 is 0 Å². The molecule has 0 aliphatic heterocycles. The van der Waals surface area contributed by atoms with E-state index in [4.69, 9.17) is 5.73 Å². The van der Waals surface area contributed by atoms with Gasteiger partial charge in [0, 0.05) is 17.1 Å². The molecule has 0 radical (unpaired) electrons. The van der Waals surface area contributed by atoms with Gasteiger partial charge < -0.3 is 5.73 Å². The van der Waals surface area contributed by atoms with E-state index in [1.807, 2.05) is 6.07 Å². The number of carbonyl (C=O) groups excluding carboxylic acids is 2. The summed E-state index contributed by atoms with van der Waals surface area (Å²) in [4.78, 5) is 22.7. The lowest BCUT2D eigenvalue weighted by atomic mass is 9.88. The molecule has 0 fully saturated rings. The van der Waals surface area contributed by atoms with Gasteiger partial charge in [0.25, 0.3) is 0 Å². The second-order valence-electron chi connectivity index (χ2n) is 4.80. The van der Waals surface area contributed by atoms with Crippen LogP contribution >= 0.6 is 27.7 Å². The van der Waals surface area contributed by atoms with Crippen LogP contribution in [0.5, 0.6) is 0 Å². The number of carbonyl (C=O) groups is 2. The Morgan fingerprint density at radius 1 is 1.53 bits per heavy atom.